The van der Waals surface area contributed by atoms with Gasteiger partial charge in [0, 0.05) is 34.8 Å². The van der Waals surface area contributed by atoms with E-state index in [1.807, 2.05) is 20.8 Å². The molecule has 1 aromatic carbocycles. The number of alkyl halides is 1. The highest BCUT2D eigenvalue weighted by Crippen LogP contribution is 2.55. The van der Waals surface area contributed by atoms with E-state index in [4.69, 9.17) is 11.6 Å². The van der Waals surface area contributed by atoms with Crippen molar-refractivity contribution in [2.75, 3.05) is 12.0 Å². The summed E-state index contributed by atoms with van der Waals surface area (Å²) in [5, 5.41) is 19.0. The number of anilines is 1. The summed E-state index contributed by atoms with van der Waals surface area (Å²) in [5.41, 5.74) is -1.02. The quantitative estimate of drug-likeness (QED) is 0.336. The summed E-state index contributed by atoms with van der Waals surface area (Å²) in [6.45, 7) is 9.32. The summed E-state index contributed by atoms with van der Waals surface area (Å²) < 4.78 is 41.9. The molecule has 4 rings (SSSR count). The van der Waals surface area contributed by atoms with Crippen LogP contribution in [-0.4, -0.2) is 47.8 Å². The first kappa shape index (κ1) is 30.3. The van der Waals surface area contributed by atoms with Crippen LogP contribution in [0.4, 0.5) is 18.9 Å². The molecule has 0 unspecified atom stereocenters. The number of hydrogen-bond donors (Lipinski definition) is 4. The molecule has 2 fully saturated rings. The van der Waals surface area contributed by atoms with Crippen molar-refractivity contribution in [3.8, 4) is 0 Å². The third-order valence-corrected chi connectivity index (χ3v) is 8.37. The zero-order valence-electron chi connectivity index (χ0n) is 23.0. The van der Waals surface area contributed by atoms with Crippen LogP contribution in [0.2, 0.25) is 0 Å². The number of halogens is 4. The maximum absolute atomic E-state index is 14.7. The highest BCUT2D eigenvalue weighted by atomic mass is 35.5. The molecule has 0 radical (unpaired) electrons. The predicted molar refractivity (Wildman–Crippen MR) is 150 cm³/mol. The Morgan fingerprint density at radius 1 is 1.23 bits per heavy atom. The van der Waals surface area contributed by atoms with E-state index in [1.54, 1.807) is 6.08 Å². The van der Waals surface area contributed by atoms with Crippen LogP contribution in [0, 0.1) is 23.0 Å². The van der Waals surface area contributed by atoms with Crippen LogP contribution in [0.3, 0.4) is 0 Å². The fraction of sp³-hybridized carbons (Fsp3) is 0.533. The van der Waals surface area contributed by atoms with Gasteiger partial charge in [-0.25, -0.2) is 13.2 Å². The SMILES string of the molecule is C=C(/C=C\C=C(\Cl)CF)[C@H]1[C@H](C(=O)N[C@H]2CC[C@H](O)CC2)N[C@H](CC(C)(C)C)[C@]12C(=O)Nc1cc(F)c(F)cc12. The lowest BCUT2D eigenvalue weighted by Crippen LogP contribution is -2.51. The summed E-state index contributed by atoms with van der Waals surface area (Å²) in [6.07, 6.45) is 6.81. The molecule has 2 aliphatic heterocycles. The van der Waals surface area contributed by atoms with E-state index in [1.165, 1.54) is 12.2 Å². The number of aliphatic hydroxyl groups is 1. The molecule has 0 aromatic heterocycles. The van der Waals surface area contributed by atoms with Crippen molar-refractivity contribution in [3.63, 3.8) is 0 Å². The second-order valence-electron chi connectivity index (χ2n) is 12.3. The molecule has 4 N–H and O–H groups in total. The third-order valence-electron chi connectivity index (χ3n) is 8.14. The van der Waals surface area contributed by atoms with Gasteiger partial charge in [0.25, 0.3) is 0 Å². The molecule has 1 saturated carbocycles. The lowest BCUT2D eigenvalue weighted by molar-refractivity contribution is -0.125. The number of carbonyl (C=O) groups excluding carboxylic acids is 2. The molecule has 218 valence electrons. The molecule has 1 aromatic rings. The Labute approximate surface area is 238 Å². The molecule has 3 aliphatic rings. The molecule has 10 heteroatoms. The monoisotopic (exact) mass is 579 g/mol. The van der Waals surface area contributed by atoms with Crippen molar-refractivity contribution < 1.29 is 27.9 Å². The number of nitrogens with one attached hydrogen (secondary N) is 3. The highest BCUT2D eigenvalue weighted by Gasteiger charge is 2.66. The minimum absolute atomic E-state index is 0.0378. The van der Waals surface area contributed by atoms with Crippen LogP contribution in [0.15, 0.2) is 47.5 Å². The van der Waals surface area contributed by atoms with E-state index in [0.717, 1.165) is 12.1 Å². The van der Waals surface area contributed by atoms with Crippen molar-refractivity contribution in [3.05, 3.63) is 64.7 Å². The van der Waals surface area contributed by atoms with Crippen molar-refractivity contribution in [2.24, 2.45) is 11.3 Å². The van der Waals surface area contributed by atoms with Gasteiger partial charge in [-0.2, -0.15) is 0 Å². The maximum Gasteiger partial charge on any atom is 0.238 e. The van der Waals surface area contributed by atoms with Crippen LogP contribution in [0.5, 0.6) is 0 Å². The molecule has 1 aliphatic carbocycles. The van der Waals surface area contributed by atoms with Gasteiger partial charge in [-0.1, -0.05) is 51.1 Å². The minimum Gasteiger partial charge on any atom is -0.393 e. The smallest absolute Gasteiger partial charge is 0.238 e. The summed E-state index contributed by atoms with van der Waals surface area (Å²) in [5.74, 6) is -3.92. The standard InChI is InChI=1S/C30H37ClF3N3O3/c1-16(6-5-7-17(31)15-32)25-26(27(39)35-18-8-10-19(38)11-9-18)37-24(14-29(2,3)4)30(25)20-12-21(33)22(34)13-23(20)36-28(30)40/h5-7,12-13,18-19,24-26,37-38H,1,8-11,14-15H2,2-4H3,(H,35,39)(H,36,40)/b6-5-,17-7+/t18-,19-,24-,25+,26-,30+/m1/s1. The molecule has 1 spiro atoms. The van der Waals surface area contributed by atoms with Gasteiger partial charge < -0.3 is 21.1 Å². The summed E-state index contributed by atoms with van der Waals surface area (Å²) in [6, 6.07) is 0.268. The Bertz CT molecular complexity index is 1240. The van der Waals surface area contributed by atoms with E-state index in [0.29, 0.717) is 37.7 Å². The van der Waals surface area contributed by atoms with Gasteiger partial charge in [-0.3, -0.25) is 9.59 Å². The van der Waals surface area contributed by atoms with E-state index in [2.05, 4.69) is 22.5 Å². The first-order chi connectivity index (χ1) is 18.8. The number of aliphatic hydroxyl groups excluding tert-OH is 1. The lowest BCUT2D eigenvalue weighted by Gasteiger charge is -2.38. The van der Waals surface area contributed by atoms with Crippen LogP contribution in [0.1, 0.15) is 58.4 Å². The van der Waals surface area contributed by atoms with E-state index < -0.39 is 53.7 Å². The Hall–Kier alpha value is -2.62. The van der Waals surface area contributed by atoms with Gasteiger partial charge in [0.15, 0.2) is 11.6 Å². The lowest BCUT2D eigenvalue weighted by atomic mass is 9.62. The number of fused-ring (bicyclic) bond motifs is 2. The van der Waals surface area contributed by atoms with Crippen molar-refractivity contribution in [1.29, 1.82) is 0 Å². The number of allylic oxidation sites excluding steroid dienone is 4. The number of benzene rings is 1. The average molecular weight is 580 g/mol. The Balaban J connectivity index is 1.84. The highest BCUT2D eigenvalue weighted by molar-refractivity contribution is 6.29. The molecular weight excluding hydrogens is 543 g/mol. The number of carbonyl (C=O) groups is 2. The van der Waals surface area contributed by atoms with Crippen molar-refractivity contribution in [1.82, 2.24) is 10.6 Å². The van der Waals surface area contributed by atoms with Crippen molar-refractivity contribution >= 4 is 29.1 Å². The zero-order valence-corrected chi connectivity index (χ0v) is 23.8. The first-order valence-electron chi connectivity index (χ1n) is 13.6. The predicted octanol–water partition coefficient (Wildman–Crippen LogP) is 5.17. The fourth-order valence-corrected chi connectivity index (χ4v) is 6.49. The molecule has 0 bridgehead atoms. The Kier molecular flexibility index (Phi) is 8.88. The van der Waals surface area contributed by atoms with Gasteiger partial charge >= 0.3 is 0 Å². The van der Waals surface area contributed by atoms with Gasteiger partial charge in [-0.15, -0.1) is 0 Å². The number of hydrogen-bond acceptors (Lipinski definition) is 4. The summed E-state index contributed by atoms with van der Waals surface area (Å²) in [4.78, 5) is 27.9. The van der Waals surface area contributed by atoms with Crippen LogP contribution < -0.4 is 16.0 Å². The molecule has 1 saturated heterocycles. The van der Waals surface area contributed by atoms with Crippen molar-refractivity contribution in [2.45, 2.75) is 82.5 Å². The largest absolute Gasteiger partial charge is 0.393 e. The number of rotatable bonds is 7. The molecular formula is C30H37ClF3N3O3. The van der Waals surface area contributed by atoms with Crippen LogP contribution >= 0.6 is 11.6 Å². The second kappa shape index (κ2) is 11.7. The number of amides is 2. The van der Waals surface area contributed by atoms with Gasteiger partial charge in [0.2, 0.25) is 11.8 Å². The second-order valence-corrected chi connectivity index (χ2v) is 12.8. The normalized spacial score (nSPS) is 30.6. The van der Waals surface area contributed by atoms with E-state index >= 15 is 0 Å². The van der Waals surface area contributed by atoms with Crippen LogP contribution in [-0.2, 0) is 15.0 Å². The molecule has 6 nitrogen and oxygen atoms in total. The minimum atomic E-state index is -1.49. The van der Waals surface area contributed by atoms with Gasteiger partial charge in [-0.05, 0) is 60.8 Å². The Morgan fingerprint density at radius 3 is 2.50 bits per heavy atom. The molecule has 40 heavy (non-hydrogen) atoms. The topological polar surface area (TPSA) is 90.5 Å². The van der Waals surface area contributed by atoms with E-state index in [9.17, 15) is 27.9 Å². The molecule has 2 amide bonds. The third kappa shape index (κ3) is 5.87. The first-order valence-corrected chi connectivity index (χ1v) is 14.0. The molecule has 2 heterocycles. The van der Waals surface area contributed by atoms with Crippen LogP contribution in [0.25, 0.3) is 0 Å². The maximum atomic E-state index is 14.7. The van der Waals surface area contributed by atoms with Gasteiger partial charge in [0.05, 0.1) is 12.1 Å². The fourth-order valence-electron chi connectivity index (χ4n) is 6.42. The summed E-state index contributed by atoms with van der Waals surface area (Å²) in [7, 11) is 0. The van der Waals surface area contributed by atoms with E-state index in [-0.39, 0.29) is 33.6 Å². The molecule has 4 atom stereocenters. The average Bonchev–Trinajstić information content (AvgIpc) is 3.35. The zero-order chi connectivity index (χ0) is 29.4. The Morgan fingerprint density at radius 2 is 1.88 bits per heavy atom. The van der Waals surface area contributed by atoms with Gasteiger partial charge in [0.1, 0.15) is 12.1 Å². The summed E-state index contributed by atoms with van der Waals surface area (Å²) >= 11 is 5.81.